The second kappa shape index (κ2) is 6.98. The second-order valence-electron chi connectivity index (χ2n) is 6.67. The monoisotopic (exact) mass is 355 g/mol. The van der Waals surface area contributed by atoms with Gasteiger partial charge in [0.15, 0.2) is 0 Å². The SMILES string of the molecule is C[C@H]1CN(C)C(=O)c2cc(NS(C)(=O)=O)ccc2O[C@H]1CN(C)C. The lowest BCUT2D eigenvalue weighted by Crippen LogP contribution is -2.44. The van der Waals surface area contributed by atoms with Gasteiger partial charge in [-0.1, -0.05) is 6.92 Å². The third-order valence-corrected chi connectivity index (χ3v) is 4.49. The predicted molar refractivity (Wildman–Crippen MR) is 94.0 cm³/mol. The smallest absolute Gasteiger partial charge is 0.257 e. The van der Waals surface area contributed by atoms with Crippen molar-refractivity contribution < 1.29 is 17.9 Å². The maximum Gasteiger partial charge on any atom is 0.257 e. The van der Waals surface area contributed by atoms with Gasteiger partial charge < -0.3 is 14.5 Å². The Kier molecular flexibility index (Phi) is 5.39. The second-order valence-corrected chi connectivity index (χ2v) is 8.42. The van der Waals surface area contributed by atoms with Crippen LogP contribution in [0.15, 0.2) is 18.2 Å². The van der Waals surface area contributed by atoms with Crippen LogP contribution >= 0.6 is 0 Å². The third-order valence-electron chi connectivity index (χ3n) is 3.88. The fourth-order valence-corrected chi connectivity index (χ4v) is 3.33. The molecule has 134 valence electrons. The summed E-state index contributed by atoms with van der Waals surface area (Å²) in [5.41, 5.74) is 0.709. The lowest BCUT2D eigenvalue weighted by atomic mass is 10.0. The molecule has 0 aromatic heterocycles. The predicted octanol–water partition coefficient (Wildman–Crippen LogP) is 1.09. The standard InChI is InChI=1S/C16H25N3O4S/c1-11-9-19(4)16(20)13-8-12(17-24(5,21)22)6-7-14(13)23-15(11)10-18(2)3/h6-8,11,15,17H,9-10H2,1-5H3/t11-,15-/m0/s1. The lowest BCUT2D eigenvalue weighted by molar-refractivity contribution is 0.0576. The Bertz CT molecular complexity index is 718. The number of nitrogens with one attached hydrogen (secondary N) is 1. The van der Waals surface area contributed by atoms with Gasteiger partial charge >= 0.3 is 0 Å². The van der Waals surface area contributed by atoms with Crippen molar-refractivity contribution in [2.75, 3.05) is 45.2 Å². The highest BCUT2D eigenvalue weighted by molar-refractivity contribution is 7.92. The van der Waals surface area contributed by atoms with E-state index in [1.807, 2.05) is 19.0 Å². The number of ether oxygens (including phenoxy) is 1. The summed E-state index contributed by atoms with van der Waals surface area (Å²) in [5.74, 6) is 0.463. The average molecular weight is 355 g/mol. The van der Waals surface area contributed by atoms with Crippen LogP contribution in [0.4, 0.5) is 5.69 Å². The first-order valence-corrected chi connectivity index (χ1v) is 9.64. The Morgan fingerprint density at radius 2 is 2.04 bits per heavy atom. The zero-order valence-corrected chi connectivity index (χ0v) is 15.6. The van der Waals surface area contributed by atoms with E-state index in [2.05, 4.69) is 11.6 Å². The average Bonchev–Trinajstić information content (AvgIpc) is 2.44. The topological polar surface area (TPSA) is 79.0 Å². The fourth-order valence-electron chi connectivity index (χ4n) is 2.77. The van der Waals surface area contributed by atoms with Crippen molar-refractivity contribution in [3.63, 3.8) is 0 Å². The van der Waals surface area contributed by atoms with E-state index in [0.29, 0.717) is 23.5 Å². The molecule has 1 aromatic carbocycles. The highest BCUT2D eigenvalue weighted by atomic mass is 32.2. The van der Waals surface area contributed by atoms with Crippen LogP contribution in [-0.4, -0.2) is 70.7 Å². The summed E-state index contributed by atoms with van der Waals surface area (Å²) >= 11 is 0. The van der Waals surface area contributed by atoms with Gasteiger partial charge in [0.05, 0.1) is 11.8 Å². The van der Waals surface area contributed by atoms with Crippen LogP contribution in [0.2, 0.25) is 0 Å². The van der Waals surface area contributed by atoms with E-state index in [-0.39, 0.29) is 17.9 Å². The first kappa shape index (κ1) is 18.5. The number of hydrogen-bond donors (Lipinski definition) is 1. The van der Waals surface area contributed by atoms with Crippen LogP contribution < -0.4 is 9.46 Å². The van der Waals surface area contributed by atoms with Gasteiger partial charge in [0.25, 0.3) is 5.91 Å². The lowest BCUT2D eigenvalue weighted by Gasteiger charge is -2.34. The molecule has 24 heavy (non-hydrogen) atoms. The highest BCUT2D eigenvalue weighted by Gasteiger charge is 2.29. The van der Waals surface area contributed by atoms with Crippen LogP contribution in [0.25, 0.3) is 0 Å². The fraction of sp³-hybridized carbons (Fsp3) is 0.562. The number of hydrogen-bond acceptors (Lipinski definition) is 5. The van der Waals surface area contributed by atoms with Gasteiger partial charge in [0.2, 0.25) is 10.0 Å². The molecule has 0 aliphatic carbocycles. The van der Waals surface area contributed by atoms with E-state index < -0.39 is 10.0 Å². The van der Waals surface area contributed by atoms with Crippen molar-refractivity contribution in [3.8, 4) is 5.75 Å². The van der Waals surface area contributed by atoms with E-state index in [4.69, 9.17) is 4.74 Å². The first-order chi connectivity index (χ1) is 11.1. The van der Waals surface area contributed by atoms with Crippen LogP contribution in [0.3, 0.4) is 0 Å². The molecule has 1 aromatic rings. The number of benzene rings is 1. The van der Waals surface area contributed by atoms with Crippen molar-refractivity contribution >= 4 is 21.6 Å². The van der Waals surface area contributed by atoms with Gasteiger partial charge in [-0.2, -0.15) is 0 Å². The minimum Gasteiger partial charge on any atom is -0.488 e. The molecule has 1 aliphatic heterocycles. The quantitative estimate of drug-likeness (QED) is 0.875. The summed E-state index contributed by atoms with van der Waals surface area (Å²) in [6, 6.07) is 4.78. The minimum absolute atomic E-state index is 0.0667. The van der Waals surface area contributed by atoms with Crippen molar-refractivity contribution in [1.29, 1.82) is 0 Å². The molecule has 1 heterocycles. The van der Waals surface area contributed by atoms with E-state index >= 15 is 0 Å². The van der Waals surface area contributed by atoms with Gasteiger partial charge in [-0.05, 0) is 32.3 Å². The number of carbonyl (C=O) groups excluding carboxylic acids is 1. The summed E-state index contributed by atoms with van der Waals surface area (Å²) in [7, 11) is 2.29. The van der Waals surface area contributed by atoms with Gasteiger partial charge in [0.1, 0.15) is 11.9 Å². The van der Waals surface area contributed by atoms with Crippen LogP contribution in [0, 0.1) is 5.92 Å². The van der Waals surface area contributed by atoms with Gasteiger partial charge in [-0.15, -0.1) is 0 Å². The number of anilines is 1. The summed E-state index contributed by atoms with van der Waals surface area (Å²) in [6.07, 6.45) is 1.01. The van der Waals surface area contributed by atoms with Crippen molar-refractivity contribution in [2.45, 2.75) is 13.0 Å². The molecule has 1 aliphatic rings. The maximum atomic E-state index is 12.6. The molecule has 0 radical (unpaired) electrons. The number of fused-ring (bicyclic) bond motifs is 1. The molecule has 1 N–H and O–H groups in total. The van der Waals surface area contributed by atoms with Gasteiger partial charge in [-0.25, -0.2) is 8.42 Å². The molecule has 2 rings (SSSR count). The number of sulfonamides is 1. The molecule has 8 heteroatoms. The number of rotatable bonds is 4. The molecule has 0 unspecified atom stereocenters. The molecule has 0 saturated heterocycles. The molecule has 7 nitrogen and oxygen atoms in total. The number of carbonyl (C=O) groups is 1. The highest BCUT2D eigenvalue weighted by Crippen LogP contribution is 2.29. The Hall–Kier alpha value is -1.80. The normalized spacial score (nSPS) is 21.8. The van der Waals surface area contributed by atoms with Crippen LogP contribution in [0.5, 0.6) is 5.75 Å². The first-order valence-electron chi connectivity index (χ1n) is 7.75. The van der Waals surface area contributed by atoms with E-state index in [0.717, 1.165) is 12.8 Å². The van der Waals surface area contributed by atoms with E-state index in [9.17, 15) is 13.2 Å². The van der Waals surface area contributed by atoms with Crippen molar-refractivity contribution in [3.05, 3.63) is 23.8 Å². The van der Waals surface area contributed by atoms with Crippen LogP contribution in [-0.2, 0) is 10.0 Å². The van der Waals surface area contributed by atoms with E-state index in [1.165, 1.54) is 6.07 Å². The van der Waals surface area contributed by atoms with Crippen LogP contribution in [0.1, 0.15) is 17.3 Å². The Morgan fingerprint density at radius 3 is 2.62 bits per heavy atom. The molecule has 0 saturated carbocycles. The molecule has 0 bridgehead atoms. The van der Waals surface area contributed by atoms with Crippen molar-refractivity contribution in [1.82, 2.24) is 9.80 Å². The van der Waals surface area contributed by atoms with E-state index in [1.54, 1.807) is 24.1 Å². The molecule has 0 spiro atoms. The number of likely N-dealkylation sites (N-methyl/N-ethyl adjacent to an activating group) is 1. The molecular weight excluding hydrogens is 330 g/mol. The summed E-state index contributed by atoms with van der Waals surface area (Å²) in [4.78, 5) is 16.3. The van der Waals surface area contributed by atoms with Crippen molar-refractivity contribution in [2.24, 2.45) is 5.92 Å². The molecule has 0 fully saturated rings. The Balaban J connectivity index is 2.42. The summed E-state index contributed by atoms with van der Waals surface area (Å²) in [5, 5.41) is 0. The molecule has 1 amide bonds. The zero-order valence-electron chi connectivity index (χ0n) is 14.7. The number of nitrogens with zero attached hydrogens (tertiary/aromatic N) is 2. The Labute approximate surface area is 143 Å². The summed E-state index contributed by atoms with van der Waals surface area (Å²) < 4.78 is 31.3. The van der Waals surface area contributed by atoms with Gasteiger partial charge in [0, 0.05) is 31.7 Å². The minimum atomic E-state index is -3.41. The van der Waals surface area contributed by atoms with Gasteiger partial charge in [-0.3, -0.25) is 9.52 Å². The largest absolute Gasteiger partial charge is 0.488 e. The maximum absolute atomic E-state index is 12.6. The third kappa shape index (κ3) is 4.61. The molecule has 2 atom stereocenters. The number of amides is 1. The summed E-state index contributed by atoms with van der Waals surface area (Å²) in [6.45, 7) is 3.36. The zero-order chi connectivity index (χ0) is 18.1. The molecular formula is C16H25N3O4S. The Morgan fingerprint density at radius 1 is 1.38 bits per heavy atom.